The zero-order chi connectivity index (χ0) is 12.7. The second kappa shape index (κ2) is 4.14. The largest absolute Gasteiger partial charge is 0.333 e. The predicted molar refractivity (Wildman–Crippen MR) is 63.9 cm³/mol. The van der Waals surface area contributed by atoms with Crippen LogP contribution in [-0.2, 0) is 0 Å². The SMILES string of the molecule is NC(c1noc(-c2ccc([N+](=O)[O-])s2)n1)C1CC1. The maximum absolute atomic E-state index is 10.6. The standard InChI is InChI=1S/C10H10N4O3S/c11-8(5-1-2-5)9-12-10(17-13-9)6-3-4-7(18-6)14(15)16/h3-5,8H,1-2,11H2. The molecule has 0 aliphatic heterocycles. The molecule has 1 unspecified atom stereocenters. The fourth-order valence-corrected chi connectivity index (χ4v) is 2.42. The normalized spacial score (nSPS) is 16.7. The predicted octanol–water partition coefficient (Wildman–Crippen LogP) is 2.12. The van der Waals surface area contributed by atoms with Crippen LogP contribution < -0.4 is 5.73 Å². The number of nitrogens with two attached hydrogens (primary N) is 1. The van der Waals surface area contributed by atoms with Gasteiger partial charge in [0.2, 0.25) is 0 Å². The van der Waals surface area contributed by atoms with Crippen molar-refractivity contribution in [1.82, 2.24) is 10.1 Å². The number of nitrogens with zero attached hydrogens (tertiary/aromatic N) is 3. The minimum absolute atomic E-state index is 0.0521. The maximum Gasteiger partial charge on any atom is 0.324 e. The Labute approximate surface area is 106 Å². The number of rotatable bonds is 4. The van der Waals surface area contributed by atoms with Crippen molar-refractivity contribution in [3.8, 4) is 10.8 Å². The molecule has 8 heteroatoms. The lowest BCUT2D eigenvalue weighted by atomic mass is 10.2. The summed E-state index contributed by atoms with van der Waals surface area (Å²) in [6.07, 6.45) is 2.19. The second-order valence-electron chi connectivity index (χ2n) is 4.22. The number of aromatic nitrogens is 2. The number of nitro groups is 1. The van der Waals surface area contributed by atoms with E-state index in [1.54, 1.807) is 6.07 Å². The topological polar surface area (TPSA) is 108 Å². The van der Waals surface area contributed by atoms with Gasteiger partial charge in [0.05, 0.1) is 15.8 Å². The molecule has 2 N–H and O–H groups in total. The molecule has 94 valence electrons. The summed E-state index contributed by atoms with van der Waals surface area (Å²) in [6, 6.07) is 2.82. The van der Waals surface area contributed by atoms with E-state index >= 15 is 0 Å². The average molecular weight is 266 g/mol. The van der Waals surface area contributed by atoms with Crippen LogP contribution >= 0.6 is 11.3 Å². The van der Waals surface area contributed by atoms with Crippen LogP contribution in [0.5, 0.6) is 0 Å². The highest BCUT2D eigenvalue weighted by Gasteiger charge is 2.32. The first-order chi connectivity index (χ1) is 8.65. The molecule has 0 spiro atoms. The molecule has 1 aliphatic rings. The molecule has 0 amide bonds. The summed E-state index contributed by atoms with van der Waals surface area (Å²) in [5.41, 5.74) is 5.96. The van der Waals surface area contributed by atoms with E-state index in [0.29, 0.717) is 22.5 Å². The van der Waals surface area contributed by atoms with E-state index in [1.807, 2.05) is 0 Å². The molecule has 2 aromatic rings. The molecular formula is C10H10N4O3S. The van der Waals surface area contributed by atoms with Gasteiger partial charge in [-0.05, 0) is 24.8 Å². The quantitative estimate of drug-likeness (QED) is 0.670. The minimum Gasteiger partial charge on any atom is -0.333 e. The van der Waals surface area contributed by atoms with Gasteiger partial charge in [-0.1, -0.05) is 16.5 Å². The Morgan fingerprint density at radius 2 is 2.33 bits per heavy atom. The molecule has 3 rings (SSSR count). The second-order valence-corrected chi connectivity index (χ2v) is 5.28. The van der Waals surface area contributed by atoms with E-state index in [2.05, 4.69) is 10.1 Å². The van der Waals surface area contributed by atoms with Crippen molar-refractivity contribution < 1.29 is 9.45 Å². The summed E-state index contributed by atoms with van der Waals surface area (Å²) in [4.78, 5) is 14.9. The van der Waals surface area contributed by atoms with E-state index in [9.17, 15) is 10.1 Å². The van der Waals surface area contributed by atoms with Crippen LogP contribution in [0.4, 0.5) is 5.00 Å². The smallest absolute Gasteiger partial charge is 0.324 e. The van der Waals surface area contributed by atoms with Crippen LogP contribution in [0, 0.1) is 16.0 Å². The molecule has 1 fully saturated rings. The number of hydrogen-bond acceptors (Lipinski definition) is 7. The van der Waals surface area contributed by atoms with Crippen molar-refractivity contribution in [3.63, 3.8) is 0 Å². The molecule has 0 radical (unpaired) electrons. The molecular weight excluding hydrogens is 256 g/mol. The van der Waals surface area contributed by atoms with Crippen molar-refractivity contribution in [2.45, 2.75) is 18.9 Å². The Kier molecular flexibility index (Phi) is 2.60. The average Bonchev–Trinajstić information content (AvgIpc) is 2.90. The van der Waals surface area contributed by atoms with E-state index < -0.39 is 4.92 Å². The third kappa shape index (κ3) is 2.00. The van der Waals surface area contributed by atoms with Crippen LogP contribution in [0.3, 0.4) is 0 Å². The van der Waals surface area contributed by atoms with Gasteiger partial charge in [-0.25, -0.2) is 0 Å². The Bertz CT molecular complexity index is 589. The van der Waals surface area contributed by atoms with Crippen molar-refractivity contribution in [2.75, 3.05) is 0 Å². The summed E-state index contributed by atoms with van der Waals surface area (Å²) in [5.74, 6) is 1.20. The van der Waals surface area contributed by atoms with Gasteiger partial charge in [-0.15, -0.1) is 0 Å². The molecule has 1 aliphatic carbocycles. The Hall–Kier alpha value is -1.80. The summed E-state index contributed by atoms with van der Waals surface area (Å²) >= 11 is 1.01. The van der Waals surface area contributed by atoms with Crippen molar-refractivity contribution in [2.24, 2.45) is 11.7 Å². The first kappa shape index (κ1) is 11.3. The lowest BCUT2D eigenvalue weighted by Crippen LogP contribution is -2.13. The minimum atomic E-state index is -0.443. The van der Waals surface area contributed by atoms with Crippen LogP contribution in [0.1, 0.15) is 24.7 Å². The summed E-state index contributed by atoms with van der Waals surface area (Å²) in [7, 11) is 0. The van der Waals surface area contributed by atoms with Crippen molar-refractivity contribution in [3.05, 3.63) is 28.1 Å². The molecule has 2 aromatic heterocycles. The van der Waals surface area contributed by atoms with E-state index in [4.69, 9.17) is 10.3 Å². The third-order valence-corrected chi connectivity index (χ3v) is 3.88. The zero-order valence-corrected chi connectivity index (χ0v) is 10.1. The molecule has 2 heterocycles. The van der Waals surface area contributed by atoms with Gasteiger partial charge in [-0.3, -0.25) is 10.1 Å². The van der Waals surface area contributed by atoms with Gasteiger partial charge in [0.1, 0.15) is 0 Å². The van der Waals surface area contributed by atoms with Crippen molar-refractivity contribution in [1.29, 1.82) is 0 Å². The van der Waals surface area contributed by atoms with Crippen LogP contribution in [-0.4, -0.2) is 15.1 Å². The van der Waals surface area contributed by atoms with Gasteiger partial charge >= 0.3 is 5.00 Å². The lowest BCUT2D eigenvalue weighted by molar-refractivity contribution is -0.380. The fourth-order valence-electron chi connectivity index (χ4n) is 1.68. The molecule has 0 aromatic carbocycles. The molecule has 1 atom stereocenters. The van der Waals surface area contributed by atoms with Crippen molar-refractivity contribution >= 4 is 16.3 Å². The van der Waals surface area contributed by atoms with Gasteiger partial charge < -0.3 is 10.3 Å². The summed E-state index contributed by atoms with van der Waals surface area (Å²) in [5, 5.41) is 14.5. The number of hydrogen-bond donors (Lipinski definition) is 1. The molecule has 1 saturated carbocycles. The van der Waals surface area contributed by atoms with E-state index in [-0.39, 0.29) is 11.0 Å². The monoisotopic (exact) mass is 266 g/mol. The highest BCUT2D eigenvalue weighted by atomic mass is 32.1. The zero-order valence-electron chi connectivity index (χ0n) is 9.28. The third-order valence-electron chi connectivity index (χ3n) is 2.85. The molecule has 7 nitrogen and oxygen atoms in total. The van der Waals surface area contributed by atoms with E-state index in [1.165, 1.54) is 6.07 Å². The summed E-state index contributed by atoms with van der Waals surface area (Å²) < 4.78 is 5.09. The molecule has 18 heavy (non-hydrogen) atoms. The lowest BCUT2D eigenvalue weighted by Gasteiger charge is -2.01. The first-order valence-electron chi connectivity index (χ1n) is 5.49. The first-order valence-corrected chi connectivity index (χ1v) is 6.30. The van der Waals surface area contributed by atoms with Gasteiger partial charge in [-0.2, -0.15) is 4.98 Å². The Morgan fingerprint density at radius 3 is 2.94 bits per heavy atom. The number of thiophene rings is 1. The van der Waals surface area contributed by atoms with Gasteiger partial charge in [0.25, 0.3) is 5.89 Å². The van der Waals surface area contributed by atoms with Gasteiger partial charge in [0, 0.05) is 6.07 Å². The van der Waals surface area contributed by atoms with Crippen LogP contribution in [0.2, 0.25) is 0 Å². The maximum atomic E-state index is 10.6. The van der Waals surface area contributed by atoms with Gasteiger partial charge in [0.15, 0.2) is 5.82 Å². The highest BCUT2D eigenvalue weighted by molar-refractivity contribution is 7.18. The molecule has 0 bridgehead atoms. The fraction of sp³-hybridized carbons (Fsp3) is 0.400. The van der Waals surface area contributed by atoms with E-state index in [0.717, 1.165) is 24.2 Å². The Balaban J connectivity index is 1.85. The highest BCUT2D eigenvalue weighted by Crippen LogP contribution is 2.39. The summed E-state index contributed by atoms with van der Waals surface area (Å²) in [6.45, 7) is 0. The van der Waals surface area contributed by atoms with Crippen LogP contribution in [0.25, 0.3) is 10.8 Å². The van der Waals surface area contributed by atoms with Crippen LogP contribution in [0.15, 0.2) is 16.7 Å². The molecule has 0 saturated heterocycles. The Morgan fingerprint density at radius 1 is 1.56 bits per heavy atom.